The molecular weight excluding hydrogens is 440 g/mol. The Kier molecular flexibility index (Phi) is 7.64. The molecule has 35 heavy (non-hydrogen) atoms. The van der Waals surface area contributed by atoms with Crippen LogP contribution in [0.4, 0.5) is 0 Å². The van der Waals surface area contributed by atoms with Crippen molar-refractivity contribution in [2.75, 3.05) is 13.2 Å². The smallest absolute Gasteiger partial charge is 0.344 e. The van der Waals surface area contributed by atoms with Crippen LogP contribution in [-0.2, 0) is 14.9 Å². The molecule has 184 valence electrons. The van der Waals surface area contributed by atoms with Crippen molar-refractivity contribution in [2.45, 2.75) is 58.3 Å². The molecule has 0 bridgehead atoms. The molecule has 0 radical (unpaired) electrons. The quantitative estimate of drug-likeness (QED) is 0.296. The Labute approximate surface area is 208 Å². The van der Waals surface area contributed by atoms with Crippen LogP contribution < -0.4 is 14.2 Å². The van der Waals surface area contributed by atoms with Gasteiger partial charge in [-0.1, -0.05) is 51.5 Å². The molecule has 1 fully saturated rings. The second kappa shape index (κ2) is 10.9. The normalized spacial score (nSPS) is 13.6. The zero-order valence-electron chi connectivity index (χ0n) is 21.0. The predicted octanol–water partition coefficient (Wildman–Crippen LogP) is 7.78. The summed E-state index contributed by atoms with van der Waals surface area (Å²) in [7, 11) is 0. The van der Waals surface area contributed by atoms with Gasteiger partial charge in [0.05, 0.1) is 6.61 Å². The molecule has 0 heterocycles. The van der Waals surface area contributed by atoms with E-state index in [1.54, 1.807) is 19.1 Å². The Morgan fingerprint density at radius 2 is 1.46 bits per heavy atom. The molecule has 0 unspecified atom stereocenters. The van der Waals surface area contributed by atoms with E-state index < -0.39 is 5.97 Å². The van der Waals surface area contributed by atoms with Crippen molar-refractivity contribution < 1.29 is 23.7 Å². The third kappa shape index (κ3) is 6.56. The number of esters is 1. The second-order valence-electron chi connectivity index (χ2n) is 9.88. The van der Waals surface area contributed by atoms with Crippen LogP contribution in [0.25, 0.3) is 0 Å². The van der Waals surface area contributed by atoms with E-state index in [2.05, 4.69) is 45.0 Å². The monoisotopic (exact) mass is 474 g/mol. The molecule has 4 rings (SSSR count). The van der Waals surface area contributed by atoms with E-state index in [1.807, 2.05) is 30.3 Å². The summed E-state index contributed by atoms with van der Waals surface area (Å²) in [5.41, 5.74) is 2.64. The Balaban J connectivity index is 1.51. The summed E-state index contributed by atoms with van der Waals surface area (Å²) in [5.74, 6) is 3.16. The van der Waals surface area contributed by atoms with Crippen LogP contribution in [0, 0.1) is 0 Å². The van der Waals surface area contributed by atoms with Crippen molar-refractivity contribution in [3.05, 3.63) is 77.9 Å². The number of hydrogen-bond acceptors (Lipinski definition) is 5. The van der Waals surface area contributed by atoms with E-state index in [-0.39, 0.29) is 12.0 Å². The third-order valence-electron chi connectivity index (χ3n) is 6.21. The molecule has 0 aliphatic heterocycles. The average molecular weight is 475 g/mol. The highest BCUT2D eigenvalue weighted by atomic mass is 16.6. The van der Waals surface area contributed by atoms with E-state index in [4.69, 9.17) is 18.9 Å². The summed E-state index contributed by atoms with van der Waals surface area (Å²) >= 11 is 0. The fourth-order valence-electron chi connectivity index (χ4n) is 3.92. The van der Waals surface area contributed by atoms with E-state index in [0.717, 1.165) is 5.75 Å². The molecule has 0 atom stereocenters. The molecular formula is C30H34O5. The molecule has 0 aromatic heterocycles. The van der Waals surface area contributed by atoms with Gasteiger partial charge in [0.15, 0.2) is 18.1 Å². The van der Waals surface area contributed by atoms with Gasteiger partial charge in [-0.05, 0) is 78.6 Å². The summed E-state index contributed by atoms with van der Waals surface area (Å²) in [4.78, 5) is 11.9. The predicted molar refractivity (Wildman–Crippen MR) is 137 cm³/mol. The minimum atomic E-state index is -0.439. The maximum atomic E-state index is 11.9. The molecule has 1 aliphatic carbocycles. The number of carbonyl (C=O) groups is 1. The molecule has 3 aromatic rings. The van der Waals surface area contributed by atoms with Gasteiger partial charge in [-0.15, -0.1) is 0 Å². The standard InChI is InChI=1S/C30H34O5/c1-5-32-29(31)20-33-28-19-26(34-24-13-9-22(10-14-24)21-7-6-8-21)17-18-27(28)35-25-15-11-23(12-16-25)30(2,3)4/h9-19,21H,5-8,20H2,1-4H3. The number of rotatable bonds is 9. The highest BCUT2D eigenvalue weighted by Crippen LogP contribution is 2.39. The molecule has 3 aromatic carbocycles. The molecule has 5 nitrogen and oxygen atoms in total. The van der Waals surface area contributed by atoms with Crippen LogP contribution >= 0.6 is 0 Å². The summed E-state index contributed by atoms with van der Waals surface area (Å²) in [6, 6.07) is 21.6. The topological polar surface area (TPSA) is 54.0 Å². The maximum absolute atomic E-state index is 11.9. The van der Waals surface area contributed by atoms with Crippen LogP contribution in [0.15, 0.2) is 66.7 Å². The van der Waals surface area contributed by atoms with Crippen molar-refractivity contribution in [1.29, 1.82) is 0 Å². The highest BCUT2D eigenvalue weighted by molar-refractivity contribution is 5.71. The minimum Gasteiger partial charge on any atom is -0.478 e. The van der Waals surface area contributed by atoms with E-state index in [1.165, 1.54) is 30.4 Å². The first-order chi connectivity index (χ1) is 16.8. The lowest BCUT2D eigenvalue weighted by Gasteiger charge is -2.25. The highest BCUT2D eigenvalue weighted by Gasteiger charge is 2.19. The van der Waals surface area contributed by atoms with E-state index in [9.17, 15) is 4.79 Å². The van der Waals surface area contributed by atoms with Gasteiger partial charge in [-0.25, -0.2) is 4.79 Å². The number of carbonyl (C=O) groups excluding carboxylic acids is 1. The third-order valence-corrected chi connectivity index (χ3v) is 6.21. The summed E-state index contributed by atoms with van der Waals surface area (Å²) in [5, 5.41) is 0. The lowest BCUT2D eigenvalue weighted by atomic mass is 9.80. The molecule has 0 amide bonds. The van der Waals surface area contributed by atoms with Gasteiger partial charge in [-0.2, -0.15) is 0 Å². The first-order valence-electron chi connectivity index (χ1n) is 12.3. The zero-order chi connectivity index (χ0) is 24.8. The van der Waals surface area contributed by atoms with Gasteiger partial charge in [0.25, 0.3) is 0 Å². The van der Waals surface area contributed by atoms with Gasteiger partial charge >= 0.3 is 5.97 Å². The van der Waals surface area contributed by atoms with Crippen LogP contribution in [0.5, 0.6) is 28.7 Å². The van der Waals surface area contributed by atoms with Gasteiger partial charge in [0.2, 0.25) is 0 Å². The molecule has 1 saturated carbocycles. The van der Waals surface area contributed by atoms with Crippen molar-refractivity contribution in [1.82, 2.24) is 0 Å². The molecule has 5 heteroatoms. The lowest BCUT2D eigenvalue weighted by Crippen LogP contribution is -2.14. The Morgan fingerprint density at radius 3 is 2.06 bits per heavy atom. The minimum absolute atomic E-state index is 0.0571. The first kappa shape index (κ1) is 24.6. The second-order valence-corrected chi connectivity index (χ2v) is 9.88. The first-order valence-corrected chi connectivity index (χ1v) is 12.3. The van der Waals surface area contributed by atoms with Crippen molar-refractivity contribution >= 4 is 5.97 Å². The summed E-state index contributed by atoms with van der Waals surface area (Å²) in [6.45, 7) is 8.36. The number of ether oxygens (including phenoxy) is 4. The van der Waals surface area contributed by atoms with Crippen molar-refractivity contribution in [2.24, 2.45) is 0 Å². The maximum Gasteiger partial charge on any atom is 0.344 e. The molecule has 0 spiro atoms. The van der Waals surface area contributed by atoms with E-state index >= 15 is 0 Å². The SMILES string of the molecule is CCOC(=O)COc1cc(Oc2ccc(C3CCC3)cc2)ccc1Oc1ccc(C(C)(C)C)cc1. The van der Waals surface area contributed by atoms with Crippen LogP contribution in [-0.4, -0.2) is 19.2 Å². The number of benzene rings is 3. The fourth-order valence-corrected chi connectivity index (χ4v) is 3.92. The van der Waals surface area contributed by atoms with Crippen LogP contribution in [0.1, 0.15) is 64.0 Å². The van der Waals surface area contributed by atoms with Crippen molar-refractivity contribution in [3.63, 3.8) is 0 Å². The largest absolute Gasteiger partial charge is 0.478 e. The zero-order valence-corrected chi connectivity index (χ0v) is 21.0. The summed E-state index contributed by atoms with van der Waals surface area (Å²) < 4.78 is 22.9. The molecule has 1 aliphatic rings. The lowest BCUT2D eigenvalue weighted by molar-refractivity contribution is -0.145. The van der Waals surface area contributed by atoms with Gasteiger partial charge in [-0.3, -0.25) is 0 Å². The summed E-state index contributed by atoms with van der Waals surface area (Å²) in [6.07, 6.45) is 3.84. The number of hydrogen-bond donors (Lipinski definition) is 0. The van der Waals surface area contributed by atoms with E-state index in [0.29, 0.717) is 35.5 Å². The average Bonchev–Trinajstić information content (AvgIpc) is 2.79. The van der Waals surface area contributed by atoms with Crippen molar-refractivity contribution in [3.8, 4) is 28.7 Å². The van der Waals surface area contributed by atoms with Crippen LogP contribution in [0.3, 0.4) is 0 Å². The fraction of sp³-hybridized carbons (Fsp3) is 0.367. The Bertz CT molecular complexity index is 1120. The van der Waals surface area contributed by atoms with Gasteiger partial charge in [0, 0.05) is 6.07 Å². The molecule has 0 saturated heterocycles. The Morgan fingerprint density at radius 1 is 0.829 bits per heavy atom. The molecule has 0 N–H and O–H groups in total. The van der Waals surface area contributed by atoms with Gasteiger partial charge in [0.1, 0.15) is 17.2 Å². The van der Waals surface area contributed by atoms with Gasteiger partial charge < -0.3 is 18.9 Å². The Hall–Kier alpha value is -3.47. The van der Waals surface area contributed by atoms with Crippen LogP contribution in [0.2, 0.25) is 0 Å².